The standard InChI is InChI=1S/C16H19ClN2O3/c1-18(2)9-11-10-19(15(20)6-7-22-3)14-5-4-12(17)8-13(14)16(11)21/h4-5,8-9H,6-7,10H2,1-3H3. The zero-order chi connectivity index (χ0) is 16.3. The van der Waals surface area contributed by atoms with Gasteiger partial charge in [0.25, 0.3) is 0 Å². The average Bonchev–Trinajstić information content (AvgIpc) is 2.47. The van der Waals surface area contributed by atoms with Gasteiger partial charge in [0.15, 0.2) is 5.78 Å². The lowest BCUT2D eigenvalue weighted by Crippen LogP contribution is -2.39. The first-order chi connectivity index (χ1) is 10.4. The molecule has 0 saturated carbocycles. The fourth-order valence-corrected chi connectivity index (χ4v) is 2.56. The third-order valence-electron chi connectivity index (χ3n) is 3.35. The van der Waals surface area contributed by atoms with Crippen molar-refractivity contribution < 1.29 is 14.3 Å². The minimum atomic E-state index is -0.0954. The van der Waals surface area contributed by atoms with E-state index in [1.165, 1.54) is 0 Å². The number of methoxy groups -OCH3 is 1. The number of anilines is 1. The van der Waals surface area contributed by atoms with Gasteiger partial charge in [-0.2, -0.15) is 0 Å². The van der Waals surface area contributed by atoms with Crippen molar-refractivity contribution in [2.24, 2.45) is 0 Å². The van der Waals surface area contributed by atoms with Crippen molar-refractivity contribution in [1.82, 2.24) is 4.90 Å². The van der Waals surface area contributed by atoms with Gasteiger partial charge in [-0.05, 0) is 18.2 Å². The van der Waals surface area contributed by atoms with E-state index in [2.05, 4.69) is 0 Å². The van der Waals surface area contributed by atoms with Gasteiger partial charge in [0.1, 0.15) is 0 Å². The summed E-state index contributed by atoms with van der Waals surface area (Å²) in [6, 6.07) is 5.01. The summed E-state index contributed by atoms with van der Waals surface area (Å²) < 4.78 is 4.96. The van der Waals surface area contributed by atoms with Crippen molar-refractivity contribution >= 4 is 29.0 Å². The summed E-state index contributed by atoms with van der Waals surface area (Å²) in [6.45, 7) is 0.604. The number of amides is 1. The Balaban J connectivity index is 2.44. The van der Waals surface area contributed by atoms with Gasteiger partial charge in [-0.25, -0.2) is 0 Å². The van der Waals surface area contributed by atoms with Gasteiger partial charge in [0.05, 0.1) is 25.3 Å². The molecule has 0 unspecified atom stereocenters. The second kappa shape index (κ2) is 6.94. The van der Waals surface area contributed by atoms with Crippen LogP contribution in [0.2, 0.25) is 5.02 Å². The Hall–Kier alpha value is -1.85. The summed E-state index contributed by atoms with van der Waals surface area (Å²) in [7, 11) is 5.23. The number of ether oxygens (including phenoxy) is 1. The van der Waals surface area contributed by atoms with E-state index in [0.29, 0.717) is 28.5 Å². The molecular weight excluding hydrogens is 304 g/mol. The highest BCUT2D eigenvalue weighted by molar-refractivity contribution is 6.31. The lowest BCUT2D eigenvalue weighted by Gasteiger charge is -2.31. The van der Waals surface area contributed by atoms with Crippen LogP contribution in [0.4, 0.5) is 5.69 Å². The molecular formula is C16H19ClN2O3. The molecule has 5 nitrogen and oxygen atoms in total. The molecule has 118 valence electrons. The molecule has 2 rings (SSSR count). The van der Waals surface area contributed by atoms with Crippen molar-refractivity contribution in [2.75, 3.05) is 39.3 Å². The molecule has 1 amide bonds. The SMILES string of the molecule is COCCC(=O)N1CC(=CN(C)C)C(=O)c2cc(Cl)ccc21. The maximum atomic E-state index is 12.6. The topological polar surface area (TPSA) is 49.9 Å². The first-order valence-electron chi connectivity index (χ1n) is 6.94. The van der Waals surface area contributed by atoms with Crippen molar-refractivity contribution in [3.63, 3.8) is 0 Å². The number of benzene rings is 1. The lowest BCUT2D eigenvalue weighted by molar-refractivity contribution is -0.119. The minimum Gasteiger partial charge on any atom is -0.384 e. The average molecular weight is 323 g/mol. The van der Waals surface area contributed by atoms with Crippen molar-refractivity contribution in [3.05, 3.63) is 40.6 Å². The van der Waals surface area contributed by atoms with Crippen LogP contribution in [-0.2, 0) is 9.53 Å². The number of carbonyl (C=O) groups is 2. The molecule has 6 heteroatoms. The molecule has 1 aromatic carbocycles. The Bertz CT molecular complexity index is 626. The first-order valence-corrected chi connectivity index (χ1v) is 7.32. The number of fused-ring (bicyclic) bond motifs is 1. The fraction of sp³-hybridized carbons (Fsp3) is 0.375. The second-order valence-electron chi connectivity index (χ2n) is 5.33. The minimum absolute atomic E-state index is 0.0809. The third-order valence-corrected chi connectivity index (χ3v) is 3.58. The Kier molecular flexibility index (Phi) is 5.21. The first kappa shape index (κ1) is 16.5. The lowest BCUT2D eigenvalue weighted by atomic mass is 9.96. The molecule has 1 aliphatic heterocycles. The fourth-order valence-electron chi connectivity index (χ4n) is 2.38. The van der Waals surface area contributed by atoms with Gasteiger partial charge in [-0.1, -0.05) is 11.6 Å². The summed E-state index contributed by atoms with van der Waals surface area (Å²) in [5.74, 6) is -0.176. The van der Waals surface area contributed by atoms with Crippen LogP contribution in [0.15, 0.2) is 30.0 Å². The summed E-state index contributed by atoms with van der Waals surface area (Å²) in [4.78, 5) is 28.4. The largest absolute Gasteiger partial charge is 0.384 e. The molecule has 0 fully saturated rings. The van der Waals surface area contributed by atoms with E-state index in [-0.39, 0.29) is 24.7 Å². The van der Waals surface area contributed by atoms with Gasteiger partial charge in [0, 0.05) is 43.6 Å². The van der Waals surface area contributed by atoms with Gasteiger partial charge in [-0.15, -0.1) is 0 Å². The predicted octanol–water partition coefficient (Wildman–Crippen LogP) is 2.35. The number of rotatable bonds is 4. The number of halogens is 1. The number of hydrogen-bond acceptors (Lipinski definition) is 4. The quantitative estimate of drug-likeness (QED) is 0.798. The van der Waals surface area contributed by atoms with Crippen LogP contribution in [0, 0.1) is 0 Å². The summed E-state index contributed by atoms with van der Waals surface area (Å²) >= 11 is 6.00. The number of carbonyl (C=O) groups excluding carboxylic acids is 2. The van der Waals surface area contributed by atoms with Crippen LogP contribution < -0.4 is 4.90 Å². The van der Waals surface area contributed by atoms with Crippen molar-refractivity contribution in [1.29, 1.82) is 0 Å². The smallest absolute Gasteiger partial charge is 0.229 e. The number of nitrogens with zero attached hydrogens (tertiary/aromatic N) is 2. The van der Waals surface area contributed by atoms with E-state index in [9.17, 15) is 9.59 Å². The maximum absolute atomic E-state index is 12.6. The van der Waals surface area contributed by atoms with Gasteiger partial charge < -0.3 is 14.5 Å². The molecule has 1 aromatic rings. The normalized spacial score (nSPS) is 15.9. The molecule has 0 bridgehead atoms. The molecule has 0 spiro atoms. The molecule has 0 atom stereocenters. The third kappa shape index (κ3) is 3.48. The van der Waals surface area contributed by atoms with E-state index in [1.807, 2.05) is 14.1 Å². The van der Waals surface area contributed by atoms with Crippen LogP contribution in [0.25, 0.3) is 0 Å². The van der Waals surface area contributed by atoms with E-state index in [0.717, 1.165) is 0 Å². The highest BCUT2D eigenvalue weighted by atomic mass is 35.5. The molecule has 0 aliphatic carbocycles. The van der Waals surface area contributed by atoms with E-state index in [4.69, 9.17) is 16.3 Å². The molecule has 1 aliphatic rings. The number of Topliss-reactive ketones (excluding diaryl/α,β-unsaturated/α-hetero) is 1. The van der Waals surface area contributed by atoms with Crippen LogP contribution >= 0.6 is 11.6 Å². The van der Waals surface area contributed by atoms with Gasteiger partial charge in [-0.3, -0.25) is 9.59 Å². The molecule has 0 saturated heterocycles. The molecule has 0 N–H and O–H groups in total. The van der Waals surface area contributed by atoms with E-state index < -0.39 is 0 Å². The zero-order valence-electron chi connectivity index (χ0n) is 12.9. The van der Waals surface area contributed by atoms with E-state index in [1.54, 1.807) is 41.3 Å². The highest BCUT2D eigenvalue weighted by Gasteiger charge is 2.30. The summed E-state index contributed by atoms with van der Waals surface area (Å²) in [5, 5.41) is 0.475. The highest BCUT2D eigenvalue weighted by Crippen LogP contribution is 2.32. The molecule has 0 aromatic heterocycles. The van der Waals surface area contributed by atoms with Crippen LogP contribution in [0.5, 0.6) is 0 Å². The molecule has 1 heterocycles. The van der Waals surface area contributed by atoms with E-state index >= 15 is 0 Å². The van der Waals surface area contributed by atoms with Crippen molar-refractivity contribution in [2.45, 2.75) is 6.42 Å². The van der Waals surface area contributed by atoms with Crippen LogP contribution in [-0.4, -0.2) is 50.9 Å². The van der Waals surface area contributed by atoms with Crippen LogP contribution in [0.3, 0.4) is 0 Å². The monoisotopic (exact) mass is 322 g/mol. The van der Waals surface area contributed by atoms with Crippen molar-refractivity contribution in [3.8, 4) is 0 Å². The zero-order valence-corrected chi connectivity index (χ0v) is 13.7. The maximum Gasteiger partial charge on any atom is 0.229 e. The Morgan fingerprint density at radius 3 is 2.82 bits per heavy atom. The van der Waals surface area contributed by atoms with Gasteiger partial charge >= 0.3 is 0 Å². The second-order valence-corrected chi connectivity index (χ2v) is 5.77. The predicted molar refractivity (Wildman–Crippen MR) is 86.4 cm³/mol. The number of ketones is 1. The number of hydrogen-bond donors (Lipinski definition) is 0. The Morgan fingerprint density at radius 2 is 2.18 bits per heavy atom. The molecule has 22 heavy (non-hydrogen) atoms. The molecule has 0 radical (unpaired) electrons. The summed E-state index contributed by atoms with van der Waals surface area (Å²) in [6.07, 6.45) is 2.00. The van der Waals surface area contributed by atoms with Gasteiger partial charge in [0.2, 0.25) is 5.91 Å². The Labute approximate surface area is 135 Å². The Morgan fingerprint density at radius 1 is 1.45 bits per heavy atom. The summed E-state index contributed by atoms with van der Waals surface area (Å²) in [5.41, 5.74) is 1.62. The van der Waals surface area contributed by atoms with Crippen LogP contribution in [0.1, 0.15) is 16.8 Å².